The SMILES string of the molecule is CN=C1C=CN(c2cc(NC(=O)c3cccc(C)c3)ccc2C)C(S(C)(=O)=O)N1. The minimum atomic E-state index is -3.47. The predicted octanol–water partition coefficient (Wildman–Crippen LogP) is 2.84. The van der Waals surface area contributed by atoms with E-state index in [0.29, 0.717) is 22.8 Å². The van der Waals surface area contributed by atoms with Gasteiger partial charge >= 0.3 is 0 Å². The van der Waals surface area contributed by atoms with E-state index in [0.717, 1.165) is 11.1 Å². The highest BCUT2D eigenvalue weighted by Crippen LogP contribution is 2.28. The summed E-state index contributed by atoms with van der Waals surface area (Å²) < 4.78 is 24.7. The Morgan fingerprint density at radius 3 is 2.59 bits per heavy atom. The van der Waals surface area contributed by atoms with Crippen LogP contribution in [-0.4, -0.2) is 39.0 Å². The summed E-state index contributed by atoms with van der Waals surface area (Å²) in [7, 11) is -1.88. The van der Waals surface area contributed by atoms with Gasteiger partial charge in [0.15, 0.2) is 9.84 Å². The minimum Gasteiger partial charge on any atom is -0.337 e. The molecule has 0 bridgehead atoms. The number of nitrogens with one attached hydrogen (secondary N) is 2. The molecule has 2 aromatic carbocycles. The molecule has 3 rings (SSSR count). The lowest BCUT2D eigenvalue weighted by Crippen LogP contribution is -2.53. The van der Waals surface area contributed by atoms with Gasteiger partial charge in [-0.25, -0.2) is 8.42 Å². The lowest BCUT2D eigenvalue weighted by atomic mass is 10.1. The predicted molar refractivity (Wildman–Crippen MR) is 117 cm³/mol. The van der Waals surface area contributed by atoms with Gasteiger partial charge in [0.1, 0.15) is 5.84 Å². The first kappa shape index (κ1) is 20.6. The van der Waals surface area contributed by atoms with Crippen molar-refractivity contribution in [3.05, 3.63) is 71.4 Å². The third-order valence-corrected chi connectivity index (χ3v) is 5.74. The maximum absolute atomic E-state index is 12.6. The highest BCUT2D eigenvalue weighted by atomic mass is 32.2. The van der Waals surface area contributed by atoms with Gasteiger partial charge in [0.25, 0.3) is 5.91 Å². The van der Waals surface area contributed by atoms with Gasteiger partial charge in [0.2, 0.25) is 5.50 Å². The second-order valence-electron chi connectivity index (χ2n) is 6.98. The average molecular weight is 413 g/mol. The van der Waals surface area contributed by atoms with E-state index < -0.39 is 15.3 Å². The number of carbonyl (C=O) groups is 1. The van der Waals surface area contributed by atoms with E-state index in [2.05, 4.69) is 15.6 Å². The Kier molecular flexibility index (Phi) is 5.74. The van der Waals surface area contributed by atoms with Gasteiger partial charge in [0.05, 0.1) is 0 Å². The van der Waals surface area contributed by atoms with Crippen LogP contribution in [0.15, 0.2) is 59.7 Å². The van der Waals surface area contributed by atoms with E-state index in [4.69, 9.17) is 0 Å². The van der Waals surface area contributed by atoms with Crippen LogP contribution in [-0.2, 0) is 9.84 Å². The standard InChI is InChI=1S/C21H24N4O3S/c1-14-6-5-7-16(12-14)20(26)23-17-9-8-15(2)18(13-17)25-11-10-19(22-3)24-21(25)29(4,27)28/h5-13,21H,1-4H3,(H,22,24)(H,23,26). The molecule has 0 fully saturated rings. The van der Waals surface area contributed by atoms with Crippen LogP contribution in [0.5, 0.6) is 0 Å². The molecule has 0 aromatic heterocycles. The van der Waals surface area contributed by atoms with Crippen molar-refractivity contribution in [3.8, 4) is 0 Å². The molecule has 2 N–H and O–H groups in total. The normalized spacial score (nSPS) is 17.9. The van der Waals surface area contributed by atoms with E-state index in [9.17, 15) is 13.2 Å². The van der Waals surface area contributed by atoms with Crippen LogP contribution in [0.25, 0.3) is 0 Å². The molecule has 1 amide bonds. The summed E-state index contributed by atoms with van der Waals surface area (Å²) in [5.41, 5.74) is 2.68. The molecule has 1 heterocycles. The summed E-state index contributed by atoms with van der Waals surface area (Å²) in [6.07, 6.45) is 4.56. The number of anilines is 2. The quantitative estimate of drug-likeness (QED) is 0.806. The Hall–Kier alpha value is -3.13. The van der Waals surface area contributed by atoms with Gasteiger partial charge in [-0.05, 0) is 49.8 Å². The topological polar surface area (TPSA) is 90.9 Å². The summed E-state index contributed by atoms with van der Waals surface area (Å²) in [5.74, 6) is 0.258. The van der Waals surface area contributed by atoms with Crippen molar-refractivity contribution in [1.82, 2.24) is 5.32 Å². The Labute approximate surface area is 171 Å². The fourth-order valence-corrected chi connectivity index (χ4v) is 4.02. The Morgan fingerprint density at radius 2 is 1.93 bits per heavy atom. The number of aryl methyl sites for hydroxylation is 2. The van der Waals surface area contributed by atoms with Gasteiger partial charge in [-0.15, -0.1) is 0 Å². The molecule has 0 spiro atoms. The Morgan fingerprint density at radius 1 is 1.17 bits per heavy atom. The van der Waals surface area contributed by atoms with Crippen LogP contribution in [0.1, 0.15) is 21.5 Å². The maximum Gasteiger partial charge on any atom is 0.255 e. The van der Waals surface area contributed by atoms with Crippen LogP contribution in [0.4, 0.5) is 11.4 Å². The van der Waals surface area contributed by atoms with Gasteiger partial charge in [0, 0.05) is 36.4 Å². The van der Waals surface area contributed by atoms with Crippen molar-refractivity contribution in [2.45, 2.75) is 19.3 Å². The fraction of sp³-hybridized carbons (Fsp3) is 0.238. The van der Waals surface area contributed by atoms with Crippen LogP contribution in [0, 0.1) is 13.8 Å². The molecule has 1 atom stereocenters. The molecule has 8 heteroatoms. The summed E-state index contributed by atoms with van der Waals surface area (Å²) >= 11 is 0. The number of aliphatic imine (C=N–C) groups is 1. The molecule has 29 heavy (non-hydrogen) atoms. The van der Waals surface area contributed by atoms with Crippen LogP contribution < -0.4 is 15.5 Å². The molecule has 1 unspecified atom stereocenters. The number of amides is 1. The van der Waals surface area contributed by atoms with E-state index in [-0.39, 0.29) is 5.91 Å². The zero-order chi connectivity index (χ0) is 21.2. The first-order chi connectivity index (χ1) is 13.7. The van der Waals surface area contributed by atoms with Crippen molar-refractivity contribution in [2.24, 2.45) is 4.99 Å². The van der Waals surface area contributed by atoms with Crippen molar-refractivity contribution >= 4 is 33.0 Å². The molecule has 152 valence electrons. The first-order valence-electron chi connectivity index (χ1n) is 9.06. The van der Waals surface area contributed by atoms with Gasteiger partial charge in [-0.2, -0.15) is 0 Å². The number of sulfone groups is 1. The van der Waals surface area contributed by atoms with Gasteiger partial charge < -0.3 is 15.5 Å². The highest BCUT2D eigenvalue weighted by molar-refractivity contribution is 7.91. The summed E-state index contributed by atoms with van der Waals surface area (Å²) in [6, 6.07) is 12.7. The molecule has 0 saturated heterocycles. The summed E-state index contributed by atoms with van der Waals surface area (Å²) in [5, 5.41) is 5.81. The number of amidine groups is 1. The molecular formula is C21H24N4O3S. The molecule has 0 aliphatic carbocycles. The summed E-state index contributed by atoms with van der Waals surface area (Å²) in [6.45, 7) is 3.81. The monoisotopic (exact) mass is 412 g/mol. The number of hydrogen-bond donors (Lipinski definition) is 2. The zero-order valence-electron chi connectivity index (χ0n) is 16.8. The largest absolute Gasteiger partial charge is 0.337 e. The smallest absolute Gasteiger partial charge is 0.255 e. The van der Waals surface area contributed by atoms with Crippen LogP contribution in [0.3, 0.4) is 0 Å². The lowest BCUT2D eigenvalue weighted by Gasteiger charge is -2.34. The van der Waals surface area contributed by atoms with Crippen molar-refractivity contribution in [2.75, 3.05) is 23.5 Å². The highest BCUT2D eigenvalue weighted by Gasteiger charge is 2.31. The van der Waals surface area contributed by atoms with Crippen LogP contribution in [0.2, 0.25) is 0 Å². The number of carbonyl (C=O) groups excluding carboxylic acids is 1. The molecule has 1 aliphatic heterocycles. The molecule has 2 aromatic rings. The number of benzene rings is 2. The zero-order valence-corrected chi connectivity index (χ0v) is 17.6. The third-order valence-electron chi connectivity index (χ3n) is 4.59. The van der Waals surface area contributed by atoms with Gasteiger partial charge in [-0.3, -0.25) is 9.79 Å². The molecular weight excluding hydrogens is 388 g/mol. The first-order valence-corrected chi connectivity index (χ1v) is 11.0. The summed E-state index contributed by atoms with van der Waals surface area (Å²) in [4.78, 5) is 18.2. The molecule has 0 radical (unpaired) electrons. The molecule has 0 saturated carbocycles. The van der Waals surface area contributed by atoms with Crippen LogP contribution >= 0.6 is 0 Å². The van der Waals surface area contributed by atoms with Gasteiger partial charge in [-0.1, -0.05) is 23.8 Å². The van der Waals surface area contributed by atoms with Crippen molar-refractivity contribution < 1.29 is 13.2 Å². The number of rotatable bonds is 4. The van der Waals surface area contributed by atoms with E-state index >= 15 is 0 Å². The lowest BCUT2D eigenvalue weighted by molar-refractivity contribution is 0.102. The number of nitrogens with zero attached hydrogens (tertiary/aromatic N) is 2. The molecule has 7 nitrogen and oxygen atoms in total. The minimum absolute atomic E-state index is 0.226. The second kappa shape index (κ2) is 8.08. The van der Waals surface area contributed by atoms with E-state index in [1.165, 1.54) is 6.26 Å². The molecule has 1 aliphatic rings. The Balaban J connectivity index is 1.95. The maximum atomic E-state index is 12.6. The van der Waals surface area contributed by atoms with E-state index in [1.54, 1.807) is 42.4 Å². The second-order valence-corrected chi connectivity index (χ2v) is 9.09. The number of hydrogen-bond acceptors (Lipinski definition) is 5. The Bertz CT molecular complexity index is 1110. The average Bonchev–Trinajstić information content (AvgIpc) is 2.68. The van der Waals surface area contributed by atoms with Crippen molar-refractivity contribution in [1.29, 1.82) is 0 Å². The van der Waals surface area contributed by atoms with Crippen molar-refractivity contribution in [3.63, 3.8) is 0 Å². The third kappa shape index (κ3) is 4.65. The van der Waals surface area contributed by atoms with E-state index in [1.807, 2.05) is 38.1 Å². The fourth-order valence-electron chi connectivity index (χ4n) is 3.09.